The molecule has 3 aromatic rings. The third-order valence-corrected chi connectivity index (χ3v) is 5.35. The van der Waals surface area contributed by atoms with E-state index in [2.05, 4.69) is 36.1 Å². The van der Waals surface area contributed by atoms with Crippen molar-refractivity contribution >= 4 is 22.9 Å². The van der Waals surface area contributed by atoms with E-state index in [4.69, 9.17) is 21.7 Å². The van der Waals surface area contributed by atoms with Crippen molar-refractivity contribution in [1.82, 2.24) is 20.4 Å². The Bertz CT molecular complexity index is 1070. The zero-order valence-corrected chi connectivity index (χ0v) is 17.2. The zero-order chi connectivity index (χ0) is 20.4. The van der Waals surface area contributed by atoms with E-state index in [1.54, 1.807) is 0 Å². The number of hydrogen-bond donors (Lipinski definition) is 1. The summed E-state index contributed by atoms with van der Waals surface area (Å²) in [6.45, 7) is 8.52. The van der Waals surface area contributed by atoms with Crippen molar-refractivity contribution in [3.05, 3.63) is 90.0 Å². The fourth-order valence-electron chi connectivity index (χ4n) is 3.46. The average Bonchev–Trinajstić information content (AvgIpc) is 3.21. The third kappa shape index (κ3) is 3.71. The molecule has 0 saturated carbocycles. The molecule has 29 heavy (non-hydrogen) atoms. The summed E-state index contributed by atoms with van der Waals surface area (Å²) in [6.07, 6.45) is 1.82. The van der Waals surface area contributed by atoms with Crippen LogP contribution in [0, 0.1) is 6.92 Å². The van der Waals surface area contributed by atoms with Gasteiger partial charge in [0, 0.05) is 17.8 Å². The Kier molecular flexibility index (Phi) is 5.27. The van der Waals surface area contributed by atoms with Gasteiger partial charge in [0.05, 0.1) is 11.6 Å². The second-order valence-corrected chi connectivity index (χ2v) is 7.37. The fraction of sp³-hybridized carbons (Fsp3) is 0.174. The topological polar surface area (TPSA) is 54.2 Å². The Labute approximate surface area is 175 Å². The summed E-state index contributed by atoms with van der Waals surface area (Å²) in [6, 6.07) is 18.0. The summed E-state index contributed by atoms with van der Waals surface area (Å²) >= 11 is 5.61. The van der Waals surface area contributed by atoms with Crippen LogP contribution in [0.4, 0.5) is 0 Å². The molecule has 1 unspecified atom stereocenters. The van der Waals surface area contributed by atoms with Crippen molar-refractivity contribution in [2.45, 2.75) is 19.9 Å². The molecule has 146 valence electrons. The average molecular weight is 403 g/mol. The minimum atomic E-state index is -0.170. The summed E-state index contributed by atoms with van der Waals surface area (Å²) in [5, 5.41) is 8.30. The van der Waals surface area contributed by atoms with Gasteiger partial charge in [0.15, 0.2) is 5.11 Å². The van der Waals surface area contributed by atoms with Gasteiger partial charge in [-0.15, -0.1) is 6.58 Å². The van der Waals surface area contributed by atoms with Gasteiger partial charge in [-0.3, -0.25) is 0 Å². The molecular formula is C23H22N4OS. The highest BCUT2D eigenvalue weighted by Crippen LogP contribution is 2.37. The lowest BCUT2D eigenvalue weighted by Crippen LogP contribution is -2.45. The predicted octanol–water partition coefficient (Wildman–Crippen LogP) is 4.89. The quantitative estimate of drug-likeness (QED) is 0.484. The molecule has 2 heterocycles. The smallest absolute Gasteiger partial charge is 0.258 e. The number of benzene rings is 2. The molecule has 1 aliphatic heterocycles. The molecule has 0 bridgehead atoms. The summed E-state index contributed by atoms with van der Waals surface area (Å²) in [7, 11) is 0. The molecule has 6 heteroatoms. The number of allylic oxidation sites excluding steroid dienone is 1. The molecule has 1 atom stereocenters. The predicted molar refractivity (Wildman–Crippen MR) is 119 cm³/mol. The first-order valence-electron chi connectivity index (χ1n) is 9.44. The summed E-state index contributed by atoms with van der Waals surface area (Å²) in [5.41, 5.74) is 5.07. The first-order valence-corrected chi connectivity index (χ1v) is 9.85. The van der Waals surface area contributed by atoms with Crippen molar-refractivity contribution < 1.29 is 4.52 Å². The van der Waals surface area contributed by atoms with E-state index in [1.165, 1.54) is 5.56 Å². The van der Waals surface area contributed by atoms with E-state index >= 15 is 0 Å². The van der Waals surface area contributed by atoms with Gasteiger partial charge in [0.1, 0.15) is 0 Å². The van der Waals surface area contributed by atoms with E-state index in [-0.39, 0.29) is 6.04 Å². The fourth-order valence-corrected chi connectivity index (χ4v) is 3.78. The number of aryl methyl sites for hydroxylation is 1. The van der Waals surface area contributed by atoms with Gasteiger partial charge in [0.25, 0.3) is 5.89 Å². The van der Waals surface area contributed by atoms with Crippen LogP contribution in [0.25, 0.3) is 17.0 Å². The molecule has 0 fully saturated rings. The number of thiocarbonyl (C=S) groups is 1. The molecule has 0 aliphatic carbocycles. The van der Waals surface area contributed by atoms with Crippen LogP contribution in [0.5, 0.6) is 0 Å². The molecule has 1 N–H and O–H groups in total. The number of hydrogen-bond acceptors (Lipinski definition) is 4. The Hall–Kier alpha value is -3.25. The molecule has 0 spiro atoms. The van der Waals surface area contributed by atoms with Gasteiger partial charge >= 0.3 is 0 Å². The second kappa shape index (κ2) is 8.01. The Morgan fingerprint density at radius 1 is 1.14 bits per heavy atom. The number of rotatable bonds is 5. The van der Waals surface area contributed by atoms with Crippen LogP contribution in [0.15, 0.2) is 77.5 Å². The number of aromatic nitrogens is 2. The van der Waals surface area contributed by atoms with Crippen LogP contribution in [-0.2, 0) is 0 Å². The highest BCUT2D eigenvalue weighted by molar-refractivity contribution is 7.80. The Morgan fingerprint density at radius 2 is 1.86 bits per heavy atom. The lowest BCUT2D eigenvalue weighted by Gasteiger charge is -2.36. The third-order valence-electron chi connectivity index (χ3n) is 5.01. The Morgan fingerprint density at radius 3 is 2.55 bits per heavy atom. The molecule has 0 radical (unpaired) electrons. The summed E-state index contributed by atoms with van der Waals surface area (Å²) < 4.78 is 5.72. The van der Waals surface area contributed by atoms with Gasteiger partial charge < -0.3 is 14.7 Å². The normalized spacial score (nSPS) is 16.7. The van der Waals surface area contributed by atoms with Crippen molar-refractivity contribution in [2.75, 3.05) is 6.54 Å². The van der Waals surface area contributed by atoms with Crippen LogP contribution < -0.4 is 5.32 Å². The van der Waals surface area contributed by atoms with Crippen LogP contribution in [0.3, 0.4) is 0 Å². The first kappa shape index (κ1) is 19.1. The van der Waals surface area contributed by atoms with Gasteiger partial charge in [-0.2, -0.15) is 4.98 Å². The molecule has 4 rings (SSSR count). The molecule has 2 aromatic carbocycles. The lowest BCUT2D eigenvalue weighted by atomic mass is 9.95. The van der Waals surface area contributed by atoms with E-state index in [9.17, 15) is 0 Å². The van der Waals surface area contributed by atoms with E-state index in [0.717, 1.165) is 22.4 Å². The van der Waals surface area contributed by atoms with Crippen molar-refractivity contribution in [1.29, 1.82) is 0 Å². The second-order valence-electron chi connectivity index (χ2n) is 6.98. The minimum absolute atomic E-state index is 0.170. The van der Waals surface area contributed by atoms with Gasteiger partial charge in [0.2, 0.25) is 5.82 Å². The van der Waals surface area contributed by atoms with E-state index in [0.29, 0.717) is 23.4 Å². The maximum atomic E-state index is 5.72. The van der Waals surface area contributed by atoms with Crippen LogP contribution >= 0.6 is 12.2 Å². The van der Waals surface area contributed by atoms with E-state index in [1.807, 2.05) is 60.4 Å². The van der Waals surface area contributed by atoms with Crippen molar-refractivity contribution in [3.63, 3.8) is 0 Å². The van der Waals surface area contributed by atoms with Crippen molar-refractivity contribution in [3.8, 4) is 11.4 Å². The molecular weight excluding hydrogens is 380 g/mol. The van der Waals surface area contributed by atoms with Gasteiger partial charge in [-0.05, 0) is 31.6 Å². The largest absolute Gasteiger partial charge is 0.351 e. The SMILES string of the molecule is C=CCN1C(=S)NC(c2ccccc2)C(c2nc(-c3ccc(C)cc3)no2)=C1C. The van der Waals surface area contributed by atoms with Crippen LogP contribution in [0.2, 0.25) is 0 Å². The Balaban J connectivity index is 1.81. The zero-order valence-electron chi connectivity index (χ0n) is 16.4. The van der Waals surface area contributed by atoms with Crippen LogP contribution in [-0.4, -0.2) is 26.7 Å². The summed E-state index contributed by atoms with van der Waals surface area (Å²) in [4.78, 5) is 6.70. The first-order chi connectivity index (χ1) is 14.1. The maximum absolute atomic E-state index is 5.72. The highest BCUT2D eigenvalue weighted by atomic mass is 32.1. The highest BCUT2D eigenvalue weighted by Gasteiger charge is 2.33. The molecule has 0 amide bonds. The monoisotopic (exact) mass is 402 g/mol. The molecule has 0 saturated heterocycles. The minimum Gasteiger partial charge on any atom is -0.351 e. The van der Waals surface area contributed by atoms with E-state index < -0.39 is 0 Å². The van der Waals surface area contributed by atoms with Crippen molar-refractivity contribution in [2.24, 2.45) is 0 Å². The lowest BCUT2D eigenvalue weighted by molar-refractivity contribution is 0.399. The molecule has 1 aromatic heterocycles. The maximum Gasteiger partial charge on any atom is 0.258 e. The standard InChI is InChI=1S/C23H22N4OS/c1-4-14-27-16(3)19(20(24-23(27)29)17-8-6-5-7-9-17)22-25-21(26-28-22)18-12-10-15(2)11-13-18/h4-13,20H,1,14H2,2-3H3,(H,24,29). The molecule has 5 nitrogen and oxygen atoms in total. The number of nitrogens with one attached hydrogen (secondary N) is 1. The number of nitrogens with zero attached hydrogens (tertiary/aromatic N) is 3. The molecule has 1 aliphatic rings. The van der Waals surface area contributed by atoms with Crippen LogP contribution in [0.1, 0.15) is 30.0 Å². The van der Waals surface area contributed by atoms with Gasteiger partial charge in [-0.1, -0.05) is 71.4 Å². The summed E-state index contributed by atoms with van der Waals surface area (Å²) in [5.74, 6) is 1.05. The van der Waals surface area contributed by atoms with Gasteiger partial charge in [-0.25, -0.2) is 0 Å².